The van der Waals surface area contributed by atoms with Crippen LogP contribution in [0, 0.1) is 5.41 Å². The summed E-state index contributed by atoms with van der Waals surface area (Å²) in [6.07, 6.45) is 0.946. The Balaban J connectivity index is 2.20. The molecule has 98 valence electrons. The van der Waals surface area contributed by atoms with Gasteiger partial charge in [0.05, 0.1) is 0 Å². The Morgan fingerprint density at radius 3 is 2.56 bits per heavy atom. The minimum absolute atomic E-state index is 0.311. The third-order valence-electron chi connectivity index (χ3n) is 3.06. The van der Waals surface area contributed by atoms with E-state index in [-0.39, 0.29) is 0 Å². The number of hydrogen-bond donors (Lipinski definition) is 1. The first-order chi connectivity index (χ1) is 8.51. The van der Waals surface area contributed by atoms with Crippen LogP contribution in [0.4, 0.5) is 0 Å². The Kier molecular flexibility index (Phi) is 3.76. The standard InChI is InChI=1S/C16H23NO/c1-5-14-13(10-17-11-16(2,3)4)12-8-6-7-9-15(12)18-14/h6-9,17H,5,10-11H2,1-4H3. The van der Waals surface area contributed by atoms with Gasteiger partial charge in [0.2, 0.25) is 0 Å². The molecule has 0 fully saturated rings. The van der Waals surface area contributed by atoms with Gasteiger partial charge in [-0.1, -0.05) is 45.9 Å². The highest BCUT2D eigenvalue weighted by Gasteiger charge is 2.14. The molecule has 0 aliphatic heterocycles. The van der Waals surface area contributed by atoms with Crippen molar-refractivity contribution in [3.05, 3.63) is 35.6 Å². The molecular formula is C16H23NO. The molecule has 0 bridgehead atoms. The predicted molar refractivity (Wildman–Crippen MR) is 76.8 cm³/mol. The summed E-state index contributed by atoms with van der Waals surface area (Å²) in [7, 11) is 0. The van der Waals surface area contributed by atoms with Crippen molar-refractivity contribution in [2.45, 2.75) is 40.7 Å². The van der Waals surface area contributed by atoms with E-state index >= 15 is 0 Å². The summed E-state index contributed by atoms with van der Waals surface area (Å²) < 4.78 is 5.89. The first kappa shape index (κ1) is 13.2. The number of fused-ring (bicyclic) bond motifs is 1. The number of furan rings is 1. The number of hydrogen-bond acceptors (Lipinski definition) is 2. The molecular weight excluding hydrogens is 222 g/mol. The molecule has 0 radical (unpaired) electrons. The lowest BCUT2D eigenvalue weighted by molar-refractivity contribution is 0.378. The molecule has 1 aromatic heterocycles. The zero-order chi connectivity index (χ0) is 13.2. The summed E-state index contributed by atoms with van der Waals surface area (Å²) >= 11 is 0. The van der Waals surface area contributed by atoms with Gasteiger partial charge < -0.3 is 9.73 Å². The number of para-hydroxylation sites is 1. The smallest absolute Gasteiger partial charge is 0.134 e. The lowest BCUT2D eigenvalue weighted by atomic mass is 9.97. The summed E-state index contributed by atoms with van der Waals surface area (Å²) in [5, 5.41) is 4.78. The SMILES string of the molecule is CCc1oc2ccccc2c1CNCC(C)(C)C. The van der Waals surface area contributed by atoms with Gasteiger partial charge in [-0.25, -0.2) is 0 Å². The molecule has 18 heavy (non-hydrogen) atoms. The highest BCUT2D eigenvalue weighted by molar-refractivity contribution is 5.82. The normalized spacial score (nSPS) is 12.2. The van der Waals surface area contributed by atoms with Crippen LogP contribution in [0.25, 0.3) is 11.0 Å². The van der Waals surface area contributed by atoms with Crippen LogP contribution in [0.15, 0.2) is 28.7 Å². The predicted octanol–water partition coefficient (Wildman–Crippen LogP) is 4.13. The van der Waals surface area contributed by atoms with Gasteiger partial charge in [-0.2, -0.15) is 0 Å². The molecule has 0 aliphatic carbocycles. The minimum Gasteiger partial charge on any atom is -0.461 e. The molecule has 0 saturated carbocycles. The van der Waals surface area contributed by atoms with E-state index in [1.165, 1.54) is 10.9 Å². The van der Waals surface area contributed by atoms with Crippen molar-refractivity contribution in [3.8, 4) is 0 Å². The highest BCUT2D eigenvalue weighted by Crippen LogP contribution is 2.26. The molecule has 1 N–H and O–H groups in total. The molecule has 0 unspecified atom stereocenters. The van der Waals surface area contributed by atoms with Crippen LogP contribution in [-0.2, 0) is 13.0 Å². The van der Waals surface area contributed by atoms with Gasteiger partial charge in [-0.15, -0.1) is 0 Å². The van der Waals surface area contributed by atoms with Gasteiger partial charge in [-0.3, -0.25) is 0 Å². The van der Waals surface area contributed by atoms with E-state index in [1.54, 1.807) is 0 Å². The second-order valence-electron chi connectivity index (χ2n) is 6.02. The zero-order valence-electron chi connectivity index (χ0n) is 11.8. The summed E-state index contributed by atoms with van der Waals surface area (Å²) in [5.41, 5.74) is 2.63. The fraction of sp³-hybridized carbons (Fsp3) is 0.500. The van der Waals surface area contributed by atoms with Crippen molar-refractivity contribution < 1.29 is 4.42 Å². The molecule has 2 nitrogen and oxygen atoms in total. The molecule has 2 heteroatoms. The molecule has 2 aromatic rings. The second kappa shape index (κ2) is 5.15. The first-order valence-electron chi connectivity index (χ1n) is 6.71. The van der Waals surface area contributed by atoms with Crippen LogP contribution in [0.2, 0.25) is 0 Å². The maximum absolute atomic E-state index is 5.89. The van der Waals surface area contributed by atoms with E-state index in [4.69, 9.17) is 4.42 Å². The Bertz CT molecular complexity index is 519. The molecule has 0 amide bonds. The van der Waals surface area contributed by atoms with E-state index in [1.807, 2.05) is 12.1 Å². The summed E-state index contributed by atoms with van der Waals surface area (Å²) in [5.74, 6) is 1.11. The van der Waals surface area contributed by atoms with Crippen LogP contribution in [0.3, 0.4) is 0 Å². The fourth-order valence-electron chi connectivity index (χ4n) is 2.19. The number of aryl methyl sites for hydroxylation is 1. The van der Waals surface area contributed by atoms with Crippen molar-refractivity contribution in [1.29, 1.82) is 0 Å². The fourth-order valence-corrected chi connectivity index (χ4v) is 2.19. The van der Waals surface area contributed by atoms with Crippen LogP contribution in [0.5, 0.6) is 0 Å². The molecule has 0 atom stereocenters. The second-order valence-corrected chi connectivity index (χ2v) is 6.02. The Morgan fingerprint density at radius 1 is 1.17 bits per heavy atom. The lowest BCUT2D eigenvalue weighted by Gasteiger charge is -2.18. The molecule has 0 spiro atoms. The third-order valence-corrected chi connectivity index (χ3v) is 3.06. The van der Waals surface area contributed by atoms with Gasteiger partial charge in [-0.05, 0) is 11.5 Å². The minimum atomic E-state index is 0.311. The Morgan fingerprint density at radius 2 is 1.89 bits per heavy atom. The maximum Gasteiger partial charge on any atom is 0.134 e. The topological polar surface area (TPSA) is 25.2 Å². The first-order valence-corrected chi connectivity index (χ1v) is 6.71. The van der Waals surface area contributed by atoms with E-state index in [0.717, 1.165) is 30.9 Å². The molecule has 1 heterocycles. The van der Waals surface area contributed by atoms with E-state index in [9.17, 15) is 0 Å². The summed E-state index contributed by atoms with van der Waals surface area (Å²) in [4.78, 5) is 0. The monoisotopic (exact) mass is 245 g/mol. The van der Waals surface area contributed by atoms with Gasteiger partial charge >= 0.3 is 0 Å². The Labute approximate surface area is 109 Å². The molecule has 2 rings (SSSR count). The number of benzene rings is 1. The van der Waals surface area contributed by atoms with Gasteiger partial charge in [0.1, 0.15) is 11.3 Å². The van der Waals surface area contributed by atoms with E-state index < -0.39 is 0 Å². The van der Waals surface area contributed by atoms with Crippen molar-refractivity contribution >= 4 is 11.0 Å². The maximum atomic E-state index is 5.89. The third kappa shape index (κ3) is 2.94. The quantitative estimate of drug-likeness (QED) is 0.876. The largest absolute Gasteiger partial charge is 0.461 e. The lowest BCUT2D eigenvalue weighted by Crippen LogP contribution is -2.26. The van der Waals surface area contributed by atoms with Crippen LogP contribution >= 0.6 is 0 Å². The van der Waals surface area contributed by atoms with Crippen LogP contribution in [0.1, 0.15) is 39.0 Å². The van der Waals surface area contributed by atoms with Crippen molar-refractivity contribution in [2.75, 3.05) is 6.54 Å². The average Bonchev–Trinajstić information content (AvgIpc) is 2.66. The Hall–Kier alpha value is -1.28. The number of rotatable bonds is 4. The molecule has 1 aromatic carbocycles. The van der Waals surface area contributed by atoms with Gasteiger partial charge in [0.25, 0.3) is 0 Å². The zero-order valence-corrected chi connectivity index (χ0v) is 11.8. The summed E-state index contributed by atoms with van der Waals surface area (Å²) in [6.45, 7) is 10.8. The summed E-state index contributed by atoms with van der Waals surface area (Å²) in [6, 6.07) is 8.29. The van der Waals surface area contributed by atoms with Gasteiger partial charge in [0.15, 0.2) is 0 Å². The number of nitrogens with one attached hydrogen (secondary N) is 1. The van der Waals surface area contributed by atoms with Crippen molar-refractivity contribution in [1.82, 2.24) is 5.32 Å². The van der Waals surface area contributed by atoms with E-state index in [2.05, 4.69) is 45.1 Å². The van der Waals surface area contributed by atoms with Crippen molar-refractivity contribution in [3.63, 3.8) is 0 Å². The molecule has 0 saturated heterocycles. The van der Waals surface area contributed by atoms with E-state index in [0.29, 0.717) is 5.41 Å². The van der Waals surface area contributed by atoms with Crippen molar-refractivity contribution in [2.24, 2.45) is 5.41 Å². The molecule has 0 aliphatic rings. The van der Waals surface area contributed by atoms with Crippen LogP contribution in [-0.4, -0.2) is 6.54 Å². The van der Waals surface area contributed by atoms with Crippen LogP contribution < -0.4 is 5.32 Å². The highest BCUT2D eigenvalue weighted by atomic mass is 16.3. The van der Waals surface area contributed by atoms with Gasteiger partial charge in [0, 0.05) is 30.5 Å². The average molecular weight is 245 g/mol.